The van der Waals surface area contributed by atoms with E-state index in [1.165, 1.54) is 19.3 Å². The van der Waals surface area contributed by atoms with Gasteiger partial charge in [-0.1, -0.05) is 20.3 Å². The van der Waals surface area contributed by atoms with Gasteiger partial charge in [-0.05, 0) is 75.0 Å². The first-order valence-corrected chi connectivity index (χ1v) is 10.7. The van der Waals surface area contributed by atoms with Crippen molar-refractivity contribution in [1.29, 1.82) is 0 Å². The SMILES string of the molecule is COc1cc(C)c(S(=O)(=O)NCCCN2CCCCC2)cc1C(C)C. The van der Waals surface area contributed by atoms with Gasteiger partial charge in [0.25, 0.3) is 0 Å². The molecule has 0 radical (unpaired) electrons. The summed E-state index contributed by atoms with van der Waals surface area (Å²) in [4.78, 5) is 2.78. The Labute approximate surface area is 152 Å². The van der Waals surface area contributed by atoms with Crippen LogP contribution in [-0.4, -0.2) is 46.6 Å². The lowest BCUT2D eigenvalue weighted by molar-refractivity contribution is 0.227. The lowest BCUT2D eigenvalue weighted by atomic mass is 10.0. The average Bonchev–Trinajstić information content (AvgIpc) is 2.58. The molecule has 0 aromatic heterocycles. The first kappa shape index (κ1) is 20.2. The summed E-state index contributed by atoms with van der Waals surface area (Å²) in [7, 11) is -1.88. The quantitative estimate of drug-likeness (QED) is 0.716. The largest absolute Gasteiger partial charge is 0.496 e. The molecule has 1 aliphatic heterocycles. The lowest BCUT2D eigenvalue weighted by Gasteiger charge is -2.26. The molecule has 1 aromatic rings. The standard InChI is InChI=1S/C19H32N2O3S/c1-15(2)17-14-19(16(3)13-18(17)24-4)25(22,23)20-9-8-12-21-10-6-5-7-11-21/h13-15,20H,5-12H2,1-4H3. The Morgan fingerprint density at radius 3 is 2.48 bits per heavy atom. The van der Waals surface area contributed by atoms with E-state index < -0.39 is 10.0 Å². The van der Waals surface area contributed by atoms with E-state index >= 15 is 0 Å². The van der Waals surface area contributed by atoms with Crippen LogP contribution in [0.4, 0.5) is 0 Å². The molecule has 1 saturated heterocycles. The van der Waals surface area contributed by atoms with E-state index in [1.807, 2.05) is 26.8 Å². The molecule has 0 atom stereocenters. The number of ether oxygens (including phenoxy) is 1. The van der Waals surface area contributed by atoms with Crippen molar-refractivity contribution < 1.29 is 13.2 Å². The zero-order chi connectivity index (χ0) is 18.4. The molecule has 1 aromatic carbocycles. The number of piperidine rings is 1. The summed E-state index contributed by atoms with van der Waals surface area (Å²) in [6.45, 7) is 9.60. The Kier molecular flexibility index (Phi) is 7.28. The molecule has 0 saturated carbocycles. The van der Waals surface area contributed by atoms with Gasteiger partial charge in [-0.15, -0.1) is 0 Å². The van der Waals surface area contributed by atoms with Crippen molar-refractivity contribution in [3.63, 3.8) is 0 Å². The molecule has 0 unspecified atom stereocenters. The van der Waals surface area contributed by atoms with Crippen LogP contribution >= 0.6 is 0 Å². The van der Waals surface area contributed by atoms with E-state index in [2.05, 4.69) is 9.62 Å². The third-order valence-electron chi connectivity index (χ3n) is 4.83. The van der Waals surface area contributed by atoms with Gasteiger partial charge in [0.1, 0.15) is 5.75 Å². The predicted octanol–water partition coefficient (Wildman–Crippen LogP) is 3.28. The van der Waals surface area contributed by atoms with Crippen molar-refractivity contribution >= 4 is 10.0 Å². The molecule has 6 heteroatoms. The molecule has 1 heterocycles. The van der Waals surface area contributed by atoms with Crippen LogP contribution in [-0.2, 0) is 10.0 Å². The normalized spacial score (nSPS) is 16.4. The van der Waals surface area contributed by atoms with Crippen LogP contribution in [0.25, 0.3) is 0 Å². The number of hydrogen-bond acceptors (Lipinski definition) is 4. The van der Waals surface area contributed by atoms with Gasteiger partial charge < -0.3 is 9.64 Å². The third-order valence-corrected chi connectivity index (χ3v) is 6.43. The molecule has 25 heavy (non-hydrogen) atoms. The zero-order valence-corrected chi connectivity index (χ0v) is 16.8. The molecule has 0 bridgehead atoms. The van der Waals surface area contributed by atoms with Gasteiger partial charge in [0.15, 0.2) is 0 Å². The zero-order valence-electron chi connectivity index (χ0n) is 16.0. The molecule has 1 N–H and O–H groups in total. The van der Waals surface area contributed by atoms with Crippen LogP contribution in [0.1, 0.15) is 56.6 Å². The molecule has 0 aliphatic carbocycles. The Morgan fingerprint density at radius 1 is 1.20 bits per heavy atom. The molecule has 1 aliphatic rings. The fourth-order valence-electron chi connectivity index (χ4n) is 3.36. The Morgan fingerprint density at radius 2 is 1.88 bits per heavy atom. The maximum Gasteiger partial charge on any atom is 0.240 e. The highest BCUT2D eigenvalue weighted by atomic mass is 32.2. The summed E-state index contributed by atoms with van der Waals surface area (Å²) in [6, 6.07) is 3.57. The Hall–Kier alpha value is -1.11. The van der Waals surface area contributed by atoms with Crippen LogP contribution < -0.4 is 9.46 Å². The summed E-state index contributed by atoms with van der Waals surface area (Å²) in [5.74, 6) is 0.945. The second-order valence-electron chi connectivity index (χ2n) is 7.17. The van der Waals surface area contributed by atoms with Crippen LogP contribution in [0.2, 0.25) is 0 Å². The van der Waals surface area contributed by atoms with Crippen LogP contribution in [0.5, 0.6) is 5.75 Å². The number of hydrogen-bond donors (Lipinski definition) is 1. The molecule has 2 rings (SSSR count). The molecule has 142 valence electrons. The number of rotatable bonds is 8. The number of methoxy groups -OCH3 is 1. The lowest BCUT2D eigenvalue weighted by Crippen LogP contribution is -2.33. The van der Waals surface area contributed by atoms with E-state index in [9.17, 15) is 8.42 Å². The van der Waals surface area contributed by atoms with Crippen LogP contribution in [0.15, 0.2) is 17.0 Å². The minimum Gasteiger partial charge on any atom is -0.496 e. The van der Waals surface area contributed by atoms with Crippen molar-refractivity contribution in [1.82, 2.24) is 9.62 Å². The molecule has 5 nitrogen and oxygen atoms in total. The molecule has 0 spiro atoms. The van der Waals surface area contributed by atoms with Gasteiger partial charge in [-0.25, -0.2) is 13.1 Å². The molecular formula is C19H32N2O3S. The predicted molar refractivity (Wildman–Crippen MR) is 102 cm³/mol. The monoisotopic (exact) mass is 368 g/mol. The van der Waals surface area contributed by atoms with Crippen LogP contribution in [0, 0.1) is 6.92 Å². The summed E-state index contributed by atoms with van der Waals surface area (Å²) in [5, 5.41) is 0. The Balaban J connectivity index is 2.01. The molecular weight excluding hydrogens is 336 g/mol. The van der Waals surface area contributed by atoms with Crippen molar-refractivity contribution in [2.75, 3.05) is 33.3 Å². The van der Waals surface area contributed by atoms with Gasteiger partial charge in [-0.2, -0.15) is 0 Å². The first-order valence-electron chi connectivity index (χ1n) is 9.25. The van der Waals surface area contributed by atoms with E-state index in [4.69, 9.17) is 4.74 Å². The topological polar surface area (TPSA) is 58.6 Å². The molecule has 1 fully saturated rings. The summed E-state index contributed by atoms with van der Waals surface area (Å²) in [6.07, 6.45) is 4.67. The van der Waals surface area contributed by atoms with Gasteiger partial charge in [0.05, 0.1) is 12.0 Å². The highest BCUT2D eigenvalue weighted by Gasteiger charge is 2.20. The number of nitrogens with one attached hydrogen (secondary N) is 1. The second-order valence-corrected chi connectivity index (χ2v) is 8.90. The number of likely N-dealkylation sites (tertiary alicyclic amines) is 1. The minimum absolute atomic E-state index is 0.198. The average molecular weight is 369 g/mol. The number of benzene rings is 1. The van der Waals surface area contributed by atoms with E-state index in [-0.39, 0.29) is 5.92 Å². The highest BCUT2D eigenvalue weighted by Crippen LogP contribution is 2.31. The van der Waals surface area contributed by atoms with Crippen molar-refractivity contribution in [3.8, 4) is 5.75 Å². The van der Waals surface area contributed by atoms with E-state index in [0.717, 1.165) is 37.4 Å². The minimum atomic E-state index is -3.50. The van der Waals surface area contributed by atoms with Gasteiger partial charge in [0.2, 0.25) is 10.0 Å². The highest BCUT2D eigenvalue weighted by molar-refractivity contribution is 7.89. The summed E-state index contributed by atoms with van der Waals surface area (Å²) < 4.78 is 33.6. The van der Waals surface area contributed by atoms with E-state index in [1.54, 1.807) is 13.2 Å². The number of aryl methyl sites for hydroxylation is 1. The van der Waals surface area contributed by atoms with Crippen molar-refractivity contribution in [3.05, 3.63) is 23.3 Å². The van der Waals surface area contributed by atoms with Gasteiger partial charge >= 0.3 is 0 Å². The van der Waals surface area contributed by atoms with Gasteiger partial charge in [0, 0.05) is 6.54 Å². The first-order chi connectivity index (χ1) is 11.8. The maximum absolute atomic E-state index is 12.7. The Bertz CT molecular complexity index is 665. The van der Waals surface area contributed by atoms with E-state index in [0.29, 0.717) is 17.0 Å². The van der Waals surface area contributed by atoms with Crippen molar-refractivity contribution in [2.45, 2.75) is 57.3 Å². The maximum atomic E-state index is 12.7. The fraction of sp³-hybridized carbons (Fsp3) is 0.684. The molecule has 0 amide bonds. The van der Waals surface area contributed by atoms with Crippen molar-refractivity contribution in [2.24, 2.45) is 0 Å². The number of nitrogens with zero attached hydrogens (tertiary/aromatic N) is 1. The summed E-state index contributed by atoms with van der Waals surface area (Å²) in [5.41, 5.74) is 1.63. The van der Waals surface area contributed by atoms with Crippen LogP contribution in [0.3, 0.4) is 0 Å². The summed E-state index contributed by atoms with van der Waals surface area (Å²) >= 11 is 0. The smallest absolute Gasteiger partial charge is 0.240 e. The number of sulfonamides is 1. The van der Waals surface area contributed by atoms with Gasteiger partial charge in [-0.3, -0.25) is 0 Å². The third kappa shape index (κ3) is 5.43. The fourth-order valence-corrected chi connectivity index (χ4v) is 4.70. The second kappa shape index (κ2) is 9.01.